The van der Waals surface area contributed by atoms with E-state index in [1.807, 2.05) is 0 Å². The second-order valence-electron chi connectivity index (χ2n) is 4.16. The number of halogens is 2. The summed E-state index contributed by atoms with van der Waals surface area (Å²) in [6, 6.07) is 0. The van der Waals surface area contributed by atoms with Crippen molar-refractivity contribution in [2.45, 2.75) is 44.6 Å². The van der Waals surface area contributed by atoms with E-state index >= 15 is 0 Å². The fraction of sp³-hybridized carbons (Fsp3) is 0.727. The van der Waals surface area contributed by atoms with Crippen LogP contribution in [0.4, 0.5) is 8.78 Å². The lowest BCUT2D eigenvalue weighted by molar-refractivity contribution is -0.144. The summed E-state index contributed by atoms with van der Waals surface area (Å²) in [6.45, 7) is 1.24. The van der Waals surface area contributed by atoms with E-state index in [1.165, 1.54) is 0 Å². The summed E-state index contributed by atoms with van der Waals surface area (Å²) in [7, 11) is 0. The maximum atomic E-state index is 13.2. The third-order valence-corrected chi connectivity index (χ3v) is 2.56. The van der Waals surface area contributed by atoms with Gasteiger partial charge < -0.3 is 9.84 Å². The van der Waals surface area contributed by atoms with Crippen LogP contribution in [0.15, 0.2) is 11.6 Å². The average Bonchev–Trinajstić information content (AvgIpc) is 2.13. The maximum Gasteiger partial charge on any atom is 0.329 e. The zero-order chi connectivity index (χ0) is 12.2. The van der Waals surface area contributed by atoms with Crippen molar-refractivity contribution in [1.29, 1.82) is 0 Å². The highest BCUT2D eigenvalue weighted by Gasteiger charge is 2.29. The van der Waals surface area contributed by atoms with Crippen LogP contribution in [0.25, 0.3) is 0 Å². The molecule has 0 spiro atoms. The molecule has 1 aliphatic carbocycles. The fourth-order valence-electron chi connectivity index (χ4n) is 1.75. The first-order valence-corrected chi connectivity index (χ1v) is 5.28. The van der Waals surface area contributed by atoms with Gasteiger partial charge in [0.15, 0.2) is 0 Å². The van der Waals surface area contributed by atoms with E-state index in [4.69, 9.17) is 9.84 Å². The second-order valence-corrected chi connectivity index (χ2v) is 4.16. The van der Waals surface area contributed by atoms with Gasteiger partial charge in [0.2, 0.25) is 0 Å². The summed E-state index contributed by atoms with van der Waals surface area (Å²) in [4.78, 5) is 10.3. The van der Waals surface area contributed by atoms with Crippen molar-refractivity contribution in [3.8, 4) is 0 Å². The van der Waals surface area contributed by atoms with Gasteiger partial charge in [-0.25, -0.2) is 13.6 Å². The third kappa shape index (κ3) is 4.70. The van der Waals surface area contributed by atoms with Crippen LogP contribution >= 0.6 is 0 Å². The quantitative estimate of drug-likeness (QED) is 0.763. The molecule has 1 atom stereocenters. The van der Waals surface area contributed by atoms with Gasteiger partial charge in [0.05, 0.1) is 6.10 Å². The molecule has 0 aromatic carbocycles. The summed E-state index contributed by atoms with van der Waals surface area (Å²) in [5, 5.41) is 8.44. The molecule has 92 valence electrons. The first-order valence-electron chi connectivity index (χ1n) is 5.28. The summed E-state index contributed by atoms with van der Waals surface area (Å²) in [5.41, 5.74) is 0.633. The Morgan fingerprint density at radius 3 is 2.94 bits per heavy atom. The van der Waals surface area contributed by atoms with Gasteiger partial charge in [-0.1, -0.05) is 5.57 Å². The number of carboxylic acid groups (broad SMARTS) is 1. The lowest BCUT2D eigenvalue weighted by Crippen LogP contribution is -2.24. The van der Waals surface area contributed by atoms with Gasteiger partial charge in [0.1, 0.15) is 6.61 Å². The number of hydrogen-bond acceptors (Lipinski definition) is 2. The van der Waals surface area contributed by atoms with Gasteiger partial charge in [-0.15, -0.1) is 0 Å². The van der Waals surface area contributed by atoms with E-state index in [0.29, 0.717) is 18.4 Å². The molecule has 0 amide bonds. The Bertz CT molecular complexity index is 287. The third-order valence-electron chi connectivity index (χ3n) is 2.56. The van der Waals surface area contributed by atoms with Gasteiger partial charge in [0.25, 0.3) is 5.92 Å². The van der Waals surface area contributed by atoms with Crippen molar-refractivity contribution >= 4 is 5.97 Å². The molecule has 0 saturated carbocycles. The number of carbonyl (C=O) groups is 1. The number of allylic oxidation sites excluding steroid dienone is 2. The van der Waals surface area contributed by atoms with Crippen LogP contribution in [0.3, 0.4) is 0 Å². The number of alkyl halides is 2. The van der Waals surface area contributed by atoms with Crippen molar-refractivity contribution in [3.05, 3.63) is 11.6 Å². The van der Waals surface area contributed by atoms with Crippen LogP contribution < -0.4 is 0 Å². The molecule has 1 rings (SSSR count). The summed E-state index contributed by atoms with van der Waals surface area (Å²) >= 11 is 0. The van der Waals surface area contributed by atoms with Crippen molar-refractivity contribution < 1.29 is 23.4 Å². The zero-order valence-corrected chi connectivity index (χ0v) is 9.21. The molecular weight excluding hydrogens is 218 g/mol. The minimum Gasteiger partial charge on any atom is -0.480 e. The maximum absolute atomic E-state index is 13.2. The molecule has 16 heavy (non-hydrogen) atoms. The molecule has 1 unspecified atom stereocenters. The first-order chi connectivity index (χ1) is 7.39. The molecule has 1 aliphatic rings. The molecule has 0 aromatic rings. The normalized spacial score (nSPS) is 28.7. The number of aliphatic carboxylic acids is 1. The van der Waals surface area contributed by atoms with Crippen molar-refractivity contribution in [2.24, 2.45) is 0 Å². The smallest absolute Gasteiger partial charge is 0.329 e. The number of carboxylic acids is 1. The summed E-state index contributed by atoms with van der Waals surface area (Å²) < 4.78 is 31.5. The molecular formula is C11H16F2O3. The standard InChI is InChI=1S/C11H16F2O3/c1-8-2-3-9(16-7-10(14)15)4-5-11(12,13)6-8/h6,9H,2-5,7H2,1H3,(H,14,15)/b8-6-. The van der Waals surface area contributed by atoms with Crippen LogP contribution in [0.5, 0.6) is 0 Å². The molecule has 0 aromatic heterocycles. The average molecular weight is 234 g/mol. The molecule has 5 heteroatoms. The van der Waals surface area contributed by atoms with Gasteiger partial charge in [-0.05, 0) is 32.3 Å². The van der Waals surface area contributed by atoms with Crippen LogP contribution in [0.1, 0.15) is 32.6 Å². The van der Waals surface area contributed by atoms with E-state index in [0.717, 1.165) is 6.08 Å². The Labute approximate surface area is 93.1 Å². The van der Waals surface area contributed by atoms with Crippen molar-refractivity contribution in [2.75, 3.05) is 6.61 Å². The lowest BCUT2D eigenvalue weighted by Gasteiger charge is -2.23. The highest BCUT2D eigenvalue weighted by molar-refractivity contribution is 5.68. The highest BCUT2D eigenvalue weighted by Crippen LogP contribution is 2.30. The fourth-order valence-corrected chi connectivity index (χ4v) is 1.75. The van der Waals surface area contributed by atoms with Gasteiger partial charge in [-0.3, -0.25) is 0 Å². The van der Waals surface area contributed by atoms with Gasteiger partial charge in [0, 0.05) is 6.42 Å². The van der Waals surface area contributed by atoms with Crippen molar-refractivity contribution in [1.82, 2.24) is 0 Å². The largest absolute Gasteiger partial charge is 0.480 e. The lowest BCUT2D eigenvalue weighted by atomic mass is 9.96. The Hall–Kier alpha value is -0.970. The van der Waals surface area contributed by atoms with Crippen molar-refractivity contribution in [3.63, 3.8) is 0 Å². The van der Waals surface area contributed by atoms with Crippen LogP contribution in [0, 0.1) is 0 Å². The molecule has 0 saturated heterocycles. The minimum absolute atomic E-state index is 0.198. The first kappa shape index (κ1) is 13.1. The van der Waals surface area contributed by atoms with E-state index in [1.54, 1.807) is 6.92 Å². The van der Waals surface area contributed by atoms with Crippen LogP contribution in [0.2, 0.25) is 0 Å². The SMILES string of the molecule is C/C1=C/C(F)(F)CCC(OCC(=O)O)CC1. The molecule has 3 nitrogen and oxygen atoms in total. The highest BCUT2D eigenvalue weighted by atomic mass is 19.3. The van der Waals surface area contributed by atoms with E-state index < -0.39 is 18.5 Å². The zero-order valence-electron chi connectivity index (χ0n) is 9.21. The Morgan fingerprint density at radius 2 is 2.31 bits per heavy atom. The second kappa shape index (κ2) is 5.39. The van der Waals surface area contributed by atoms with E-state index in [2.05, 4.69) is 0 Å². The molecule has 0 heterocycles. The Morgan fingerprint density at radius 1 is 1.62 bits per heavy atom. The number of hydrogen-bond donors (Lipinski definition) is 1. The van der Waals surface area contributed by atoms with Gasteiger partial charge >= 0.3 is 5.97 Å². The molecule has 0 bridgehead atoms. The predicted molar refractivity (Wildman–Crippen MR) is 54.5 cm³/mol. The van der Waals surface area contributed by atoms with Crippen LogP contribution in [-0.2, 0) is 9.53 Å². The van der Waals surface area contributed by atoms with E-state index in [-0.39, 0.29) is 18.9 Å². The Balaban J connectivity index is 2.53. The number of rotatable bonds is 3. The summed E-state index contributed by atoms with van der Waals surface area (Å²) in [6.07, 6.45) is 1.66. The minimum atomic E-state index is -2.80. The molecule has 0 radical (unpaired) electrons. The molecule has 1 N–H and O–H groups in total. The van der Waals surface area contributed by atoms with E-state index in [9.17, 15) is 13.6 Å². The predicted octanol–water partition coefficient (Wildman–Crippen LogP) is 2.61. The summed E-state index contributed by atoms with van der Waals surface area (Å²) in [5.74, 6) is -3.86. The topological polar surface area (TPSA) is 46.5 Å². The number of ether oxygens (including phenoxy) is 1. The Kier molecular flexibility index (Phi) is 4.41. The monoisotopic (exact) mass is 234 g/mol. The van der Waals surface area contributed by atoms with Gasteiger partial charge in [-0.2, -0.15) is 0 Å². The molecule has 0 aliphatic heterocycles. The molecule has 0 fully saturated rings. The van der Waals surface area contributed by atoms with Crippen LogP contribution in [-0.4, -0.2) is 29.7 Å².